The van der Waals surface area contributed by atoms with Crippen molar-refractivity contribution in [3.63, 3.8) is 0 Å². The van der Waals surface area contributed by atoms with E-state index in [-0.39, 0.29) is 25.1 Å². The fraction of sp³-hybridized carbons (Fsp3) is 0.250. The highest BCUT2D eigenvalue weighted by atomic mass is 35.5. The number of benzene rings is 1. The summed E-state index contributed by atoms with van der Waals surface area (Å²) in [7, 11) is 0. The Labute approximate surface area is 171 Å². The third-order valence-electron chi connectivity index (χ3n) is 4.64. The van der Waals surface area contributed by atoms with Gasteiger partial charge in [0.25, 0.3) is 5.91 Å². The summed E-state index contributed by atoms with van der Waals surface area (Å²) in [4.78, 5) is 25.9. The molecule has 0 radical (unpaired) electrons. The Balaban J connectivity index is 1.93. The van der Waals surface area contributed by atoms with E-state index in [9.17, 15) is 14.9 Å². The van der Waals surface area contributed by atoms with Crippen LogP contribution in [0.4, 0.5) is 0 Å². The maximum atomic E-state index is 12.7. The zero-order chi connectivity index (χ0) is 20.4. The molecule has 3 rings (SSSR count). The number of carbonyl (C=O) groups excluding carboxylic acids is 2. The van der Waals surface area contributed by atoms with Gasteiger partial charge in [-0.25, -0.2) is 0 Å². The number of hydrogen-bond donors (Lipinski definition) is 1. The third-order valence-corrected chi connectivity index (χ3v) is 5.20. The Kier molecular flexibility index (Phi) is 5.90. The lowest BCUT2D eigenvalue weighted by atomic mass is 9.87. The molecule has 2 aromatic rings. The fourth-order valence-corrected chi connectivity index (χ4v) is 3.54. The van der Waals surface area contributed by atoms with E-state index in [1.807, 2.05) is 6.07 Å². The Morgan fingerprint density at radius 3 is 2.68 bits per heavy atom. The number of halogens is 2. The predicted octanol–water partition coefficient (Wildman–Crippen LogP) is 3.61. The highest BCUT2D eigenvalue weighted by molar-refractivity contribution is 6.35. The monoisotopic (exact) mass is 418 g/mol. The molecule has 2 amide bonds. The van der Waals surface area contributed by atoms with E-state index < -0.39 is 17.7 Å². The van der Waals surface area contributed by atoms with Crippen LogP contribution in [0.2, 0.25) is 10.0 Å². The average Bonchev–Trinajstić information content (AvgIpc) is 3.13. The summed E-state index contributed by atoms with van der Waals surface area (Å²) in [6.07, 6.45) is 0.170. The van der Waals surface area contributed by atoms with E-state index >= 15 is 0 Å². The first kappa shape index (κ1) is 20.2. The maximum Gasteiger partial charge on any atom is 0.271 e. The van der Waals surface area contributed by atoms with Gasteiger partial charge in [0.05, 0.1) is 24.1 Å². The average molecular weight is 419 g/mol. The van der Waals surface area contributed by atoms with Crippen molar-refractivity contribution in [3.8, 4) is 17.4 Å². The van der Waals surface area contributed by atoms with E-state index in [0.29, 0.717) is 32.7 Å². The quantitative estimate of drug-likeness (QED) is 0.748. The molecule has 8 heteroatoms. The third kappa shape index (κ3) is 3.69. The summed E-state index contributed by atoms with van der Waals surface area (Å²) in [5, 5.41) is 19.4. The van der Waals surface area contributed by atoms with Crippen molar-refractivity contribution in [2.45, 2.75) is 13.3 Å². The molecule has 1 aromatic heterocycles. The Bertz CT molecular complexity index is 1020. The van der Waals surface area contributed by atoms with Crippen molar-refractivity contribution in [1.29, 1.82) is 5.26 Å². The number of aliphatic hydroxyl groups is 1. The first-order chi connectivity index (χ1) is 13.4. The Hall–Kier alpha value is -2.59. The maximum absolute atomic E-state index is 12.7. The summed E-state index contributed by atoms with van der Waals surface area (Å²) in [5.41, 5.74) is 0.936. The summed E-state index contributed by atoms with van der Waals surface area (Å²) in [5.74, 6) is -0.876. The largest absolute Gasteiger partial charge is 0.461 e. The lowest BCUT2D eigenvalue weighted by Crippen LogP contribution is -2.47. The molecule has 6 nitrogen and oxygen atoms in total. The highest BCUT2D eigenvalue weighted by Gasteiger charge is 2.39. The van der Waals surface area contributed by atoms with Crippen molar-refractivity contribution in [1.82, 2.24) is 4.90 Å². The van der Waals surface area contributed by atoms with E-state index in [1.54, 1.807) is 37.3 Å². The number of amides is 2. The molecular formula is C20H16Cl2N2O4. The Morgan fingerprint density at radius 1 is 1.25 bits per heavy atom. The predicted molar refractivity (Wildman–Crippen MR) is 103 cm³/mol. The van der Waals surface area contributed by atoms with Crippen LogP contribution in [0, 0.1) is 17.2 Å². The molecule has 0 saturated heterocycles. The van der Waals surface area contributed by atoms with Crippen LogP contribution in [0.5, 0.6) is 0 Å². The molecule has 144 valence electrons. The summed E-state index contributed by atoms with van der Waals surface area (Å²) < 4.78 is 5.84. The second kappa shape index (κ2) is 8.19. The van der Waals surface area contributed by atoms with Crippen molar-refractivity contribution >= 4 is 35.0 Å². The summed E-state index contributed by atoms with van der Waals surface area (Å²) >= 11 is 12.2. The molecule has 0 fully saturated rings. The zero-order valence-corrected chi connectivity index (χ0v) is 16.4. The van der Waals surface area contributed by atoms with Crippen molar-refractivity contribution in [2.75, 3.05) is 13.2 Å². The van der Waals surface area contributed by atoms with Gasteiger partial charge in [0.15, 0.2) is 0 Å². The van der Waals surface area contributed by atoms with Gasteiger partial charge in [0.2, 0.25) is 5.91 Å². The van der Waals surface area contributed by atoms with Gasteiger partial charge in [0, 0.05) is 17.0 Å². The summed E-state index contributed by atoms with van der Waals surface area (Å²) in [6.45, 7) is 1.06. The smallest absolute Gasteiger partial charge is 0.271 e. The van der Waals surface area contributed by atoms with Gasteiger partial charge in [-0.15, -0.1) is 0 Å². The minimum absolute atomic E-state index is 0.0808. The standard InChI is InChI=1S/C20H16Cl2N2O4/c1-11-14(19(26)24(6-7-25)20(27)16(11)10-23)9-13-3-5-18(28-13)15-8-12(21)2-4-17(15)22/h2-5,8,14,25H,6-7,9H2,1H3. The molecule has 1 aromatic carbocycles. The van der Waals surface area contributed by atoms with Gasteiger partial charge < -0.3 is 9.52 Å². The second-order valence-electron chi connectivity index (χ2n) is 6.34. The molecule has 0 saturated carbocycles. The number of imide groups is 1. The summed E-state index contributed by atoms with van der Waals surface area (Å²) in [6, 6.07) is 10.3. The lowest BCUT2D eigenvalue weighted by Gasteiger charge is -2.30. The van der Waals surface area contributed by atoms with Crippen molar-refractivity contribution in [3.05, 3.63) is 57.3 Å². The number of hydrogen-bond acceptors (Lipinski definition) is 5. The minimum atomic E-state index is -0.729. The number of aliphatic hydroxyl groups excluding tert-OH is 1. The normalized spacial score (nSPS) is 17.2. The van der Waals surface area contributed by atoms with E-state index in [2.05, 4.69) is 0 Å². The molecular weight excluding hydrogens is 403 g/mol. The molecule has 0 bridgehead atoms. The molecule has 28 heavy (non-hydrogen) atoms. The molecule has 0 spiro atoms. The van der Waals surface area contributed by atoms with Gasteiger partial charge in [-0.3, -0.25) is 14.5 Å². The first-order valence-electron chi connectivity index (χ1n) is 8.49. The molecule has 0 aliphatic carbocycles. The first-order valence-corrected chi connectivity index (χ1v) is 9.24. The van der Waals surface area contributed by atoms with Gasteiger partial charge >= 0.3 is 0 Å². The van der Waals surface area contributed by atoms with Crippen LogP contribution in [0.25, 0.3) is 11.3 Å². The van der Waals surface area contributed by atoms with Crippen LogP contribution in [0.3, 0.4) is 0 Å². The molecule has 1 N–H and O–H groups in total. The number of furan rings is 1. The van der Waals surface area contributed by atoms with Crippen molar-refractivity contribution in [2.24, 2.45) is 5.92 Å². The van der Waals surface area contributed by atoms with E-state index in [4.69, 9.17) is 32.7 Å². The number of carbonyl (C=O) groups is 2. The van der Waals surface area contributed by atoms with Crippen LogP contribution in [0.1, 0.15) is 12.7 Å². The SMILES string of the molecule is CC1=C(C#N)C(=O)N(CCO)C(=O)C1Cc1ccc(-c2cc(Cl)ccc2Cl)o1. The molecule has 1 atom stereocenters. The van der Waals surface area contributed by atoms with Gasteiger partial charge in [0.1, 0.15) is 23.2 Å². The minimum Gasteiger partial charge on any atom is -0.461 e. The number of nitriles is 1. The molecule has 1 aliphatic rings. The van der Waals surface area contributed by atoms with Gasteiger partial charge in [-0.05, 0) is 42.8 Å². The van der Waals surface area contributed by atoms with E-state index in [1.165, 1.54) is 0 Å². The van der Waals surface area contributed by atoms with Crippen LogP contribution in [0.15, 0.2) is 45.9 Å². The molecule has 2 heterocycles. The zero-order valence-electron chi connectivity index (χ0n) is 14.9. The highest BCUT2D eigenvalue weighted by Crippen LogP contribution is 2.34. The topological polar surface area (TPSA) is 94.5 Å². The Morgan fingerprint density at radius 2 is 2.00 bits per heavy atom. The molecule has 1 aliphatic heterocycles. The fourth-order valence-electron chi connectivity index (χ4n) is 3.16. The lowest BCUT2D eigenvalue weighted by molar-refractivity contribution is -0.146. The van der Waals surface area contributed by atoms with Gasteiger partial charge in [-0.1, -0.05) is 23.2 Å². The number of β-amino-alcohol motifs (C(OH)–C–C–N with tert-alkyl or cyclic N) is 1. The molecule has 1 unspecified atom stereocenters. The number of nitrogens with zero attached hydrogens (tertiary/aromatic N) is 2. The van der Waals surface area contributed by atoms with Gasteiger partial charge in [-0.2, -0.15) is 5.26 Å². The van der Waals surface area contributed by atoms with Crippen molar-refractivity contribution < 1.29 is 19.1 Å². The van der Waals surface area contributed by atoms with E-state index in [0.717, 1.165) is 4.90 Å². The van der Waals surface area contributed by atoms with Crippen LogP contribution in [-0.2, 0) is 16.0 Å². The number of rotatable bonds is 5. The van der Waals surface area contributed by atoms with Crippen LogP contribution in [-0.4, -0.2) is 35.0 Å². The second-order valence-corrected chi connectivity index (χ2v) is 7.18. The van der Waals surface area contributed by atoms with Crippen LogP contribution >= 0.6 is 23.2 Å². The van der Waals surface area contributed by atoms with Crippen LogP contribution < -0.4 is 0 Å².